The average molecular weight is 495 g/mol. The first-order valence-corrected chi connectivity index (χ1v) is 12.1. The van der Waals surface area contributed by atoms with Crippen LogP contribution < -0.4 is 20.1 Å². The fourth-order valence-electron chi connectivity index (χ4n) is 4.25. The lowest BCUT2D eigenvalue weighted by atomic mass is 10.0. The van der Waals surface area contributed by atoms with Crippen molar-refractivity contribution in [2.24, 2.45) is 5.73 Å². The number of amides is 1. The van der Waals surface area contributed by atoms with Crippen LogP contribution in [0.25, 0.3) is 11.1 Å². The molecule has 0 saturated carbocycles. The van der Waals surface area contributed by atoms with Crippen LogP contribution in [-0.2, 0) is 4.74 Å². The van der Waals surface area contributed by atoms with E-state index in [1.54, 1.807) is 12.1 Å². The van der Waals surface area contributed by atoms with Gasteiger partial charge in [0.15, 0.2) is 0 Å². The molecule has 9 heteroatoms. The van der Waals surface area contributed by atoms with Gasteiger partial charge < -0.3 is 24.8 Å². The number of rotatable bonds is 10. The zero-order valence-electron chi connectivity index (χ0n) is 20.6. The molecule has 0 aliphatic carbocycles. The molecule has 1 saturated heterocycles. The van der Waals surface area contributed by atoms with Gasteiger partial charge in [0.25, 0.3) is 5.91 Å². The van der Waals surface area contributed by atoms with Gasteiger partial charge in [0.1, 0.15) is 35.8 Å². The van der Waals surface area contributed by atoms with Crippen LogP contribution in [0.5, 0.6) is 11.5 Å². The van der Waals surface area contributed by atoms with Crippen molar-refractivity contribution in [3.63, 3.8) is 0 Å². The summed E-state index contributed by atoms with van der Waals surface area (Å²) in [5, 5.41) is 0. The normalized spacial score (nSPS) is 15.5. The highest BCUT2D eigenvalue weighted by molar-refractivity contribution is 5.91. The molecule has 0 bridgehead atoms. The van der Waals surface area contributed by atoms with Crippen LogP contribution in [0.1, 0.15) is 36.1 Å². The molecule has 2 heterocycles. The molecule has 2 N–H and O–H groups in total. The number of nitrogens with two attached hydrogens (primary N) is 1. The second-order valence-corrected chi connectivity index (χ2v) is 8.55. The molecule has 36 heavy (non-hydrogen) atoms. The fraction of sp³-hybridized carbons (Fsp3) is 0.370. The van der Waals surface area contributed by atoms with Crippen LogP contribution in [0, 0.1) is 12.7 Å². The van der Waals surface area contributed by atoms with Crippen molar-refractivity contribution in [3.8, 4) is 22.6 Å². The number of primary amides is 1. The molecule has 0 spiro atoms. The molecule has 1 amide bonds. The van der Waals surface area contributed by atoms with Crippen LogP contribution in [0.3, 0.4) is 0 Å². The summed E-state index contributed by atoms with van der Waals surface area (Å²) in [6.07, 6.45) is 1.60. The molecule has 1 aliphatic rings. The van der Waals surface area contributed by atoms with E-state index < -0.39 is 5.91 Å². The zero-order chi connectivity index (χ0) is 25.5. The van der Waals surface area contributed by atoms with Crippen molar-refractivity contribution < 1.29 is 23.4 Å². The molecule has 0 radical (unpaired) electrons. The van der Waals surface area contributed by atoms with Crippen molar-refractivity contribution in [3.05, 3.63) is 65.9 Å². The number of carbonyl (C=O) groups excluding carboxylic acids is 1. The number of hydrogen-bond donors (Lipinski definition) is 1. The Bertz CT molecular complexity index is 1170. The van der Waals surface area contributed by atoms with Crippen LogP contribution in [-0.4, -0.2) is 54.9 Å². The van der Waals surface area contributed by atoms with Crippen molar-refractivity contribution in [1.82, 2.24) is 9.97 Å². The summed E-state index contributed by atoms with van der Waals surface area (Å²) < 4.78 is 30.5. The topological polar surface area (TPSA) is 99.8 Å². The van der Waals surface area contributed by atoms with Gasteiger partial charge >= 0.3 is 0 Å². The number of hydrogen-bond acceptors (Lipinski definition) is 7. The molecular formula is C27H31FN4O4. The van der Waals surface area contributed by atoms with E-state index in [9.17, 15) is 9.18 Å². The number of nitrogens with zero attached hydrogens (tertiary/aromatic N) is 3. The number of piperidine rings is 1. The smallest absolute Gasteiger partial charge is 0.286 e. The maximum atomic E-state index is 13.3. The van der Waals surface area contributed by atoms with Crippen molar-refractivity contribution in [2.75, 3.05) is 37.8 Å². The summed E-state index contributed by atoms with van der Waals surface area (Å²) in [5.41, 5.74) is 7.91. The summed E-state index contributed by atoms with van der Waals surface area (Å²) >= 11 is 0. The molecule has 1 aromatic heterocycles. The zero-order valence-corrected chi connectivity index (χ0v) is 20.6. The molecular weight excluding hydrogens is 463 g/mol. The maximum absolute atomic E-state index is 13.3. The summed E-state index contributed by atoms with van der Waals surface area (Å²) in [7, 11) is 0. The SMILES string of the molecule is CCOCCOc1ccc(-c2c(C)nc(C(N)=O)nc2N2CCCC(Oc3ccc(F)cc3)C2)cc1. The lowest BCUT2D eigenvalue weighted by molar-refractivity contribution is 0.0990. The monoisotopic (exact) mass is 494 g/mol. The van der Waals surface area contributed by atoms with E-state index in [2.05, 4.69) is 14.9 Å². The predicted molar refractivity (Wildman–Crippen MR) is 135 cm³/mol. The minimum Gasteiger partial charge on any atom is -0.491 e. The number of benzene rings is 2. The van der Waals surface area contributed by atoms with Gasteiger partial charge in [0, 0.05) is 18.7 Å². The van der Waals surface area contributed by atoms with Gasteiger partial charge in [0.2, 0.25) is 5.82 Å². The summed E-state index contributed by atoms with van der Waals surface area (Å²) in [4.78, 5) is 23.0. The second kappa shape index (κ2) is 11.8. The third-order valence-corrected chi connectivity index (χ3v) is 5.93. The minimum absolute atomic E-state index is 0.0243. The summed E-state index contributed by atoms with van der Waals surface area (Å²) in [6, 6.07) is 13.7. The molecule has 1 aliphatic heterocycles. The van der Waals surface area contributed by atoms with Crippen molar-refractivity contribution in [2.45, 2.75) is 32.8 Å². The first kappa shape index (κ1) is 25.4. The van der Waals surface area contributed by atoms with Crippen LogP contribution in [0.2, 0.25) is 0 Å². The van der Waals surface area contributed by atoms with E-state index in [4.69, 9.17) is 19.9 Å². The van der Waals surface area contributed by atoms with Crippen LogP contribution in [0.15, 0.2) is 48.5 Å². The van der Waals surface area contributed by atoms with E-state index in [0.29, 0.717) is 43.6 Å². The Morgan fingerprint density at radius 2 is 1.81 bits per heavy atom. The van der Waals surface area contributed by atoms with Gasteiger partial charge in [-0.2, -0.15) is 0 Å². The van der Waals surface area contributed by atoms with Crippen molar-refractivity contribution >= 4 is 11.7 Å². The Balaban J connectivity index is 1.59. The number of halogens is 1. The Morgan fingerprint density at radius 3 is 2.50 bits per heavy atom. The molecule has 1 atom stereocenters. The number of aromatic nitrogens is 2. The third-order valence-electron chi connectivity index (χ3n) is 5.93. The Morgan fingerprint density at radius 1 is 1.08 bits per heavy atom. The van der Waals surface area contributed by atoms with Gasteiger partial charge in [0.05, 0.1) is 18.8 Å². The predicted octanol–water partition coefficient (Wildman–Crippen LogP) is 4.15. The highest BCUT2D eigenvalue weighted by Crippen LogP contribution is 2.34. The Hall–Kier alpha value is -3.72. The van der Waals surface area contributed by atoms with Gasteiger partial charge in [-0.3, -0.25) is 4.79 Å². The standard InChI is InChI=1S/C27H31FN4O4/c1-3-34-15-16-35-21-10-6-19(7-11-21)24-18(2)30-26(25(29)33)31-27(24)32-14-4-5-23(17-32)36-22-12-8-20(28)9-13-22/h6-13,23H,3-5,14-17H2,1-2H3,(H2,29,33). The molecule has 2 aromatic carbocycles. The molecule has 4 rings (SSSR count). The van der Waals surface area contributed by atoms with E-state index in [-0.39, 0.29) is 17.7 Å². The lowest BCUT2D eigenvalue weighted by Crippen LogP contribution is -2.42. The van der Waals surface area contributed by atoms with Gasteiger partial charge in [-0.1, -0.05) is 12.1 Å². The van der Waals surface area contributed by atoms with E-state index in [1.165, 1.54) is 12.1 Å². The highest BCUT2D eigenvalue weighted by atomic mass is 19.1. The Labute approximate surface area is 210 Å². The van der Waals surface area contributed by atoms with E-state index in [1.807, 2.05) is 38.1 Å². The molecule has 190 valence electrons. The first-order valence-electron chi connectivity index (χ1n) is 12.1. The molecule has 3 aromatic rings. The highest BCUT2D eigenvalue weighted by Gasteiger charge is 2.27. The lowest BCUT2D eigenvalue weighted by Gasteiger charge is -2.35. The Kier molecular flexibility index (Phi) is 8.32. The maximum Gasteiger partial charge on any atom is 0.286 e. The molecule has 1 unspecified atom stereocenters. The largest absolute Gasteiger partial charge is 0.491 e. The summed E-state index contributed by atoms with van der Waals surface area (Å²) in [6.45, 7) is 6.73. The fourth-order valence-corrected chi connectivity index (χ4v) is 4.25. The van der Waals surface area contributed by atoms with Crippen LogP contribution in [0.4, 0.5) is 10.2 Å². The average Bonchev–Trinajstić information content (AvgIpc) is 2.88. The number of aryl methyl sites for hydroxylation is 1. The van der Waals surface area contributed by atoms with E-state index >= 15 is 0 Å². The number of ether oxygens (including phenoxy) is 3. The quantitative estimate of drug-likeness (QED) is 0.423. The van der Waals surface area contributed by atoms with Crippen molar-refractivity contribution in [1.29, 1.82) is 0 Å². The van der Waals surface area contributed by atoms with Gasteiger partial charge in [-0.25, -0.2) is 14.4 Å². The summed E-state index contributed by atoms with van der Waals surface area (Å²) in [5.74, 6) is 0.967. The third kappa shape index (κ3) is 6.28. The van der Waals surface area contributed by atoms with Crippen LogP contribution >= 0.6 is 0 Å². The van der Waals surface area contributed by atoms with Gasteiger partial charge in [-0.15, -0.1) is 0 Å². The van der Waals surface area contributed by atoms with Gasteiger partial charge in [-0.05, 0) is 68.7 Å². The van der Waals surface area contributed by atoms with E-state index in [0.717, 1.165) is 36.3 Å². The molecule has 1 fully saturated rings. The minimum atomic E-state index is -0.680. The molecule has 8 nitrogen and oxygen atoms in total. The second-order valence-electron chi connectivity index (χ2n) is 8.55. The first-order chi connectivity index (χ1) is 17.4. The number of carbonyl (C=O) groups is 1. The number of anilines is 1.